The molecule has 0 saturated carbocycles. The highest BCUT2D eigenvalue weighted by atomic mass is 19.3. The van der Waals surface area contributed by atoms with Gasteiger partial charge in [0, 0.05) is 18.0 Å². The molecule has 0 saturated heterocycles. The zero-order valence-corrected chi connectivity index (χ0v) is 9.81. The van der Waals surface area contributed by atoms with Gasteiger partial charge in [-0.2, -0.15) is 8.78 Å². The molecule has 0 fully saturated rings. The van der Waals surface area contributed by atoms with Crippen LogP contribution in [0.4, 0.5) is 8.78 Å². The summed E-state index contributed by atoms with van der Waals surface area (Å²) in [5.74, 6) is 0.125. The Hall–Kier alpha value is -2.43. The average Bonchev–Trinajstić information content (AvgIpc) is 2.84. The Balaban J connectivity index is 2.21. The van der Waals surface area contributed by atoms with Crippen molar-refractivity contribution in [3.05, 3.63) is 48.8 Å². The second-order valence-electron chi connectivity index (χ2n) is 3.98. The third-order valence-corrected chi connectivity index (χ3v) is 2.84. The Morgan fingerprint density at radius 3 is 2.63 bits per heavy atom. The number of pyridine rings is 1. The fourth-order valence-electron chi connectivity index (χ4n) is 2.07. The molecule has 0 aliphatic heterocycles. The van der Waals surface area contributed by atoms with Gasteiger partial charge in [-0.05, 0) is 11.6 Å². The predicted molar refractivity (Wildman–Crippen MR) is 68.2 cm³/mol. The molecule has 0 aliphatic rings. The van der Waals surface area contributed by atoms with Crippen LogP contribution in [0.25, 0.3) is 22.2 Å². The van der Waals surface area contributed by atoms with Crippen molar-refractivity contribution in [1.29, 1.82) is 0 Å². The lowest BCUT2D eigenvalue weighted by atomic mass is 10.1. The van der Waals surface area contributed by atoms with Gasteiger partial charge in [0.2, 0.25) is 0 Å². The van der Waals surface area contributed by atoms with Crippen LogP contribution in [0.3, 0.4) is 0 Å². The zero-order chi connectivity index (χ0) is 13.2. The Morgan fingerprint density at radius 2 is 1.89 bits per heavy atom. The van der Waals surface area contributed by atoms with Gasteiger partial charge in [-0.3, -0.25) is 0 Å². The minimum atomic E-state index is -2.86. The van der Waals surface area contributed by atoms with Crippen LogP contribution in [0, 0.1) is 0 Å². The van der Waals surface area contributed by atoms with Crippen LogP contribution in [-0.4, -0.2) is 16.6 Å². The summed E-state index contributed by atoms with van der Waals surface area (Å²) in [5.41, 5.74) is 2.23. The van der Waals surface area contributed by atoms with Gasteiger partial charge < -0.3 is 9.72 Å². The Kier molecular flexibility index (Phi) is 2.87. The molecule has 0 radical (unpaired) electrons. The van der Waals surface area contributed by atoms with E-state index in [9.17, 15) is 8.78 Å². The van der Waals surface area contributed by atoms with Crippen LogP contribution in [0.1, 0.15) is 0 Å². The minimum Gasteiger partial charge on any atom is -0.434 e. The normalized spacial score (nSPS) is 11.1. The molecule has 96 valence electrons. The standard InChI is InChI=1S/C14H10F2N2O/c15-14(16)19-11-6-7-17-13-12(11)10(8-18-13)9-4-2-1-3-5-9/h1-8,14H,(H,17,18). The molecule has 1 N–H and O–H groups in total. The summed E-state index contributed by atoms with van der Waals surface area (Å²) in [6.45, 7) is -2.86. The van der Waals surface area contributed by atoms with Crippen LogP contribution in [-0.2, 0) is 0 Å². The fraction of sp³-hybridized carbons (Fsp3) is 0.0714. The molecule has 0 spiro atoms. The van der Waals surface area contributed by atoms with Crippen LogP contribution in [0.15, 0.2) is 48.8 Å². The van der Waals surface area contributed by atoms with E-state index in [1.165, 1.54) is 12.3 Å². The van der Waals surface area contributed by atoms with Crippen LogP contribution in [0.2, 0.25) is 0 Å². The molecular weight excluding hydrogens is 250 g/mol. The number of halogens is 2. The number of alkyl halides is 2. The van der Waals surface area contributed by atoms with Gasteiger partial charge in [0.25, 0.3) is 0 Å². The molecule has 1 aromatic carbocycles. The zero-order valence-electron chi connectivity index (χ0n) is 9.81. The molecule has 0 atom stereocenters. The summed E-state index contributed by atoms with van der Waals surface area (Å²) in [6.07, 6.45) is 3.18. The van der Waals surface area contributed by atoms with E-state index in [1.54, 1.807) is 6.20 Å². The fourth-order valence-corrected chi connectivity index (χ4v) is 2.07. The van der Waals surface area contributed by atoms with Crippen molar-refractivity contribution in [2.24, 2.45) is 0 Å². The summed E-state index contributed by atoms with van der Waals surface area (Å²) in [5, 5.41) is 0.564. The molecule has 2 heterocycles. The van der Waals surface area contributed by atoms with Crippen LogP contribution in [0.5, 0.6) is 5.75 Å². The maximum atomic E-state index is 12.4. The molecule has 0 aliphatic carbocycles. The van der Waals surface area contributed by atoms with Gasteiger partial charge >= 0.3 is 6.61 Å². The van der Waals surface area contributed by atoms with E-state index < -0.39 is 6.61 Å². The van der Waals surface area contributed by atoms with Gasteiger partial charge in [0.15, 0.2) is 0 Å². The van der Waals surface area contributed by atoms with E-state index in [-0.39, 0.29) is 5.75 Å². The third kappa shape index (κ3) is 2.14. The first-order valence-electron chi connectivity index (χ1n) is 5.72. The number of aromatic amines is 1. The lowest BCUT2D eigenvalue weighted by molar-refractivity contribution is -0.0488. The number of nitrogens with zero attached hydrogens (tertiary/aromatic N) is 1. The van der Waals surface area contributed by atoms with Crippen molar-refractivity contribution >= 4 is 11.0 Å². The molecule has 3 aromatic rings. The number of hydrogen-bond acceptors (Lipinski definition) is 2. The third-order valence-electron chi connectivity index (χ3n) is 2.84. The Bertz CT molecular complexity index is 695. The highest BCUT2D eigenvalue weighted by Gasteiger charge is 2.14. The van der Waals surface area contributed by atoms with E-state index in [0.29, 0.717) is 11.0 Å². The summed E-state index contributed by atoms with van der Waals surface area (Å²) >= 11 is 0. The monoisotopic (exact) mass is 260 g/mol. The first-order valence-corrected chi connectivity index (χ1v) is 5.72. The second kappa shape index (κ2) is 4.68. The van der Waals surface area contributed by atoms with E-state index in [1.807, 2.05) is 30.3 Å². The highest BCUT2D eigenvalue weighted by molar-refractivity contribution is 5.97. The van der Waals surface area contributed by atoms with Crippen molar-refractivity contribution in [1.82, 2.24) is 9.97 Å². The van der Waals surface area contributed by atoms with Gasteiger partial charge in [-0.15, -0.1) is 0 Å². The largest absolute Gasteiger partial charge is 0.434 e. The maximum absolute atomic E-state index is 12.4. The molecule has 5 heteroatoms. The number of benzene rings is 1. The number of fused-ring (bicyclic) bond motifs is 1. The van der Waals surface area contributed by atoms with Gasteiger partial charge in [0.05, 0.1) is 5.39 Å². The summed E-state index contributed by atoms with van der Waals surface area (Å²) in [4.78, 5) is 7.08. The quantitative estimate of drug-likeness (QED) is 0.777. The van der Waals surface area contributed by atoms with E-state index in [0.717, 1.165) is 11.1 Å². The number of rotatable bonds is 3. The Morgan fingerprint density at radius 1 is 1.11 bits per heavy atom. The first kappa shape index (κ1) is 11.6. The molecule has 0 unspecified atom stereocenters. The van der Waals surface area contributed by atoms with Crippen molar-refractivity contribution in [3.8, 4) is 16.9 Å². The number of hydrogen-bond donors (Lipinski definition) is 1. The smallest absolute Gasteiger partial charge is 0.387 e. The summed E-state index contributed by atoms with van der Waals surface area (Å²) in [7, 11) is 0. The molecule has 19 heavy (non-hydrogen) atoms. The number of nitrogens with one attached hydrogen (secondary N) is 1. The lowest BCUT2D eigenvalue weighted by Gasteiger charge is -2.07. The van der Waals surface area contributed by atoms with Crippen LogP contribution < -0.4 is 4.74 Å². The van der Waals surface area contributed by atoms with Crippen molar-refractivity contribution in [2.45, 2.75) is 6.61 Å². The Labute approximate surface area is 107 Å². The van der Waals surface area contributed by atoms with E-state index >= 15 is 0 Å². The molecule has 2 aromatic heterocycles. The number of ether oxygens (including phenoxy) is 1. The topological polar surface area (TPSA) is 37.9 Å². The highest BCUT2D eigenvalue weighted by Crippen LogP contribution is 2.34. The molecular formula is C14H10F2N2O. The van der Waals surface area contributed by atoms with Crippen molar-refractivity contribution < 1.29 is 13.5 Å². The SMILES string of the molecule is FC(F)Oc1ccnc2[nH]cc(-c3ccccc3)c12. The van der Waals surface area contributed by atoms with Crippen molar-refractivity contribution in [3.63, 3.8) is 0 Å². The van der Waals surface area contributed by atoms with Gasteiger partial charge in [-0.25, -0.2) is 4.98 Å². The van der Waals surface area contributed by atoms with Gasteiger partial charge in [0.1, 0.15) is 11.4 Å². The second-order valence-corrected chi connectivity index (χ2v) is 3.98. The predicted octanol–water partition coefficient (Wildman–Crippen LogP) is 3.83. The molecule has 0 amide bonds. The molecule has 3 nitrogen and oxygen atoms in total. The molecule has 3 rings (SSSR count). The maximum Gasteiger partial charge on any atom is 0.387 e. The molecule has 0 bridgehead atoms. The minimum absolute atomic E-state index is 0.125. The average molecular weight is 260 g/mol. The number of H-pyrrole nitrogens is 1. The van der Waals surface area contributed by atoms with Crippen LogP contribution >= 0.6 is 0 Å². The van der Waals surface area contributed by atoms with E-state index in [2.05, 4.69) is 14.7 Å². The van der Waals surface area contributed by atoms with Crippen molar-refractivity contribution in [2.75, 3.05) is 0 Å². The number of aromatic nitrogens is 2. The lowest BCUT2D eigenvalue weighted by Crippen LogP contribution is -2.02. The summed E-state index contributed by atoms with van der Waals surface area (Å²) < 4.78 is 29.4. The first-order chi connectivity index (χ1) is 9.25. The van der Waals surface area contributed by atoms with Gasteiger partial charge in [-0.1, -0.05) is 30.3 Å². The van der Waals surface area contributed by atoms with E-state index in [4.69, 9.17) is 0 Å². The summed E-state index contributed by atoms with van der Waals surface area (Å²) in [6, 6.07) is 10.9.